The van der Waals surface area contributed by atoms with E-state index in [2.05, 4.69) is 42.9 Å². The fourth-order valence-corrected chi connectivity index (χ4v) is 1.86. The maximum Gasteiger partial charge on any atom is 0.251 e. The van der Waals surface area contributed by atoms with Crippen molar-refractivity contribution in [2.75, 3.05) is 24.5 Å². The number of anilines is 1. The number of aromatic nitrogens is 1. The number of pyridine rings is 1. The lowest BCUT2D eigenvalue weighted by atomic mass is 10.1. The van der Waals surface area contributed by atoms with E-state index in [9.17, 15) is 4.79 Å². The molecule has 0 unspecified atom stereocenters. The molecule has 0 aliphatic carbocycles. The fourth-order valence-electron chi connectivity index (χ4n) is 1.86. The first-order chi connectivity index (χ1) is 9.08. The SMILES string of the molecule is CCN(CC)c1cc(C(=O)NCCC(C)C)ccn1. The van der Waals surface area contributed by atoms with Crippen molar-refractivity contribution in [2.24, 2.45) is 5.92 Å². The van der Waals surface area contributed by atoms with Gasteiger partial charge < -0.3 is 10.2 Å². The lowest BCUT2D eigenvalue weighted by Crippen LogP contribution is -2.27. The Bertz CT molecular complexity index is 400. The smallest absolute Gasteiger partial charge is 0.251 e. The largest absolute Gasteiger partial charge is 0.357 e. The van der Waals surface area contributed by atoms with Gasteiger partial charge in [0.1, 0.15) is 5.82 Å². The van der Waals surface area contributed by atoms with Crippen molar-refractivity contribution in [3.05, 3.63) is 23.9 Å². The highest BCUT2D eigenvalue weighted by atomic mass is 16.1. The molecule has 0 bridgehead atoms. The highest BCUT2D eigenvalue weighted by Crippen LogP contribution is 2.12. The molecule has 0 fully saturated rings. The zero-order chi connectivity index (χ0) is 14.3. The van der Waals surface area contributed by atoms with Crippen LogP contribution in [0.1, 0.15) is 44.5 Å². The van der Waals surface area contributed by atoms with E-state index < -0.39 is 0 Å². The minimum atomic E-state index is -0.0172. The van der Waals surface area contributed by atoms with Crippen LogP contribution < -0.4 is 10.2 Å². The van der Waals surface area contributed by atoms with Gasteiger partial charge in [0.2, 0.25) is 0 Å². The molecule has 0 aliphatic rings. The molecule has 1 heterocycles. The van der Waals surface area contributed by atoms with Gasteiger partial charge in [-0.3, -0.25) is 4.79 Å². The summed E-state index contributed by atoms with van der Waals surface area (Å²) in [4.78, 5) is 18.5. The summed E-state index contributed by atoms with van der Waals surface area (Å²) in [6.45, 7) is 11.0. The predicted molar refractivity (Wildman–Crippen MR) is 79.6 cm³/mol. The highest BCUT2D eigenvalue weighted by molar-refractivity contribution is 5.94. The Hall–Kier alpha value is -1.58. The fraction of sp³-hybridized carbons (Fsp3) is 0.600. The molecule has 4 nitrogen and oxygen atoms in total. The van der Waals surface area contributed by atoms with Crippen LogP contribution in [0.15, 0.2) is 18.3 Å². The number of carbonyl (C=O) groups is 1. The molecule has 1 aromatic heterocycles. The van der Waals surface area contributed by atoms with Crippen LogP contribution in [0.25, 0.3) is 0 Å². The first kappa shape index (κ1) is 15.5. The van der Waals surface area contributed by atoms with Crippen LogP contribution in [0.4, 0.5) is 5.82 Å². The summed E-state index contributed by atoms with van der Waals surface area (Å²) in [6.07, 6.45) is 2.70. The number of hydrogen-bond acceptors (Lipinski definition) is 3. The number of amides is 1. The minimum absolute atomic E-state index is 0.0172. The summed E-state index contributed by atoms with van der Waals surface area (Å²) in [7, 11) is 0. The van der Waals surface area contributed by atoms with Crippen molar-refractivity contribution >= 4 is 11.7 Å². The van der Waals surface area contributed by atoms with Gasteiger partial charge in [-0.15, -0.1) is 0 Å². The van der Waals surface area contributed by atoms with E-state index in [1.54, 1.807) is 12.3 Å². The second-order valence-electron chi connectivity index (χ2n) is 5.01. The molecule has 0 atom stereocenters. The summed E-state index contributed by atoms with van der Waals surface area (Å²) < 4.78 is 0. The Kier molecular flexibility index (Phi) is 6.33. The van der Waals surface area contributed by atoms with E-state index in [0.29, 0.717) is 11.5 Å². The lowest BCUT2D eigenvalue weighted by Gasteiger charge is -2.20. The average Bonchev–Trinajstić information content (AvgIpc) is 2.40. The van der Waals surface area contributed by atoms with Crippen molar-refractivity contribution in [3.63, 3.8) is 0 Å². The second kappa shape index (κ2) is 7.77. The Balaban J connectivity index is 2.67. The van der Waals surface area contributed by atoms with E-state index in [4.69, 9.17) is 0 Å². The van der Waals surface area contributed by atoms with Crippen molar-refractivity contribution < 1.29 is 4.79 Å². The van der Waals surface area contributed by atoms with E-state index >= 15 is 0 Å². The normalized spacial score (nSPS) is 10.6. The zero-order valence-electron chi connectivity index (χ0n) is 12.4. The molecule has 0 radical (unpaired) electrons. The summed E-state index contributed by atoms with van der Waals surface area (Å²) >= 11 is 0. The molecular weight excluding hydrogens is 238 g/mol. The number of carbonyl (C=O) groups excluding carboxylic acids is 1. The van der Waals surface area contributed by atoms with Crippen LogP contribution >= 0.6 is 0 Å². The van der Waals surface area contributed by atoms with Gasteiger partial charge in [0, 0.05) is 31.4 Å². The third kappa shape index (κ3) is 4.89. The zero-order valence-corrected chi connectivity index (χ0v) is 12.4. The van der Waals surface area contributed by atoms with Gasteiger partial charge in [-0.25, -0.2) is 4.98 Å². The summed E-state index contributed by atoms with van der Waals surface area (Å²) in [5, 5.41) is 2.95. The van der Waals surface area contributed by atoms with Crippen molar-refractivity contribution in [1.29, 1.82) is 0 Å². The van der Waals surface area contributed by atoms with Gasteiger partial charge in [0.05, 0.1) is 0 Å². The molecule has 0 spiro atoms. The van der Waals surface area contributed by atoms with E-state index in [1.807, 2.05) is 6.07 Å². The minimum Gasteiger partial charge on any atom is -0.357 e. The molecule has 1 N–H and O–H groups in total. The van der Waals surface area contributed by atoms with E-state index in [0.717, 1.165) is 31.9 Å². The Morgan fingerprint density at radius 1 is 1.37 bits per heavy atom. The molecule has 19 heavy (non-hydrogen) atoms. The molecule has 0 aromatic carbocycles. The van der Waals surface area contributed by atoms with Gasteiger partial charge in [-0.1, -0.05) is 13.8 Å². The first-order valence-electron chi connectivity index (χ1n) is 7.07. The third-order valence-electron chi connectivity index (χ3n) is 3.10. The average molecular weight is 263 g/mol. The summed E-state index contributed by atoms with van der Waals surface area (Å²) in [5.74, 6) is 1.45. The molecule has 4 heteroatoms. The molecule has 1 aromatic rings. The Morgan fingerprint density at radius 3 is 2.63 bits per heavy atom. The molecule has 1 amide bonds. The van der Waals surface area contributed by atoms with Crippen LogP contribution in [0.3, 0.4) is 0 Å². The molecule has 0 saturated heterocycles. The van der Waals surface area contributed by atoms with Crippen LogP contribution in [0.2, 0.25) is 0 Å². The molecular formula is C15H25N3O. The summed E-state index contributed by atoms with van der Waals surface area (Å²) in [5.41, 5.74) is 0.681. The monoisotopic (exact) mass is 263 g/mol. The van der Waals surface area contributed by atoms with Gasteiger partial charge in [-0.2, -0.15) is 0 Å². The molecule has 0 aliphatic heterocycles. The molecule has 0 saturated carbocycles. The number of hydrogen-bond donors (Lipinski definition) is 1. The quantitative estimate of drug-likeness (QED) is 0.822. The highest BCUT2D eigenvalue weighted by Gasteiger charge is 2.09. The molecule has 106 valence electrons. The van der Waals surface area contributed by atoms with Gasteiger partial charge in [-0.05, 0) is 38.3 Å². The Labute approximate surface area is 116 Å². The predicted octanol–water partition coefficient (Wildman–Crippen LogP) is 2.70. The van der Waals surface area contributed by atoms with Crippen LogP contribution in [-0.4, -0.2) is 30.5 Å². The molecule has 1 rings (SSSR count). The lowest BCUT2D eigenvalue weighted by molar-refractivity contribution is 0.0952. The van der Waals surface area contributed by atoms with Gasteiger partial charge in [0.25, 0.3) is 5.91 Å². The standard InChI is InChI=1S/C15H25N3O/c1-5-18(6-2)14-11-13(8-10-16-14)15(19)17-9-7-12(3)4/h8,10-12H,5-7,9H2,1-4H3,(H,17,19). The third-order valence-corrected chi connectivity index (χ3v) is 3.10. The van der Waals surface area contributed by atoms with Crippen molar-refractivity contribution in [3.8, 4) is 0 Å². The first-order valence-corrected chi connectivity index (χ1v) is 7.07. The van der Waals surface area contributed by atoms with Gasteiger partial charge >= 0.3 is 0 Å². The topological polar surface area (TPSA) is 45.2 Å². The van der Waals surface area contributed by atoms with Crippen LogP contribution in [0, 0.1) is 5.92 Å². The maximum atomic E-state index is 12.0. The number of nitrogens with zero attached hydrogens (tertiary/aromatic N) is 2. The summed E-state index contributed by atoms with van der Waals surface area (Å²) in [6, 6.07) is 3.62. The van der Waals surface area contributed by atoms with Crippen LogP contribution in [-0.2, 0) is 0 Å². The number of rotatable bonds is 7. The van der Waals surface area contributed by atoms with Crippen molar-refractivity contribution in [2.45, 2.75) is 34.1 Å². The van der Waals surface area contributed by atoms with Crippen LogP contribution in [0.5, 0.6) is 0 Å². The van der Waals surface area contributed by atoms with E-state index in [1.165, 1.54) is 0 Å². The van der Waals surface area contributed by atoms with Gasteiger partial charge in [0.15, 0.2) is 0 Å². The van der Waals surface area contributed by atoms with Crippen molar-refractivity contribution in [1.82, 2.24) is 10.3 Å². The van der Waals surface area contributed by atoms with E-state index in [-0.39, 0.29) is 5.91 Å². The maximum absolute atomic E-state index is 12.0. The number of nitrogens with one attached hydrogen (secondary N) is 1. The second-order valence-corrected chi connectivity index (χ2v) is 5.01. The Morgan fingerprint density at radius 2 is 2.05 bits per heavy atom.